The number of amides is 1. The van der Waals surface area contributed by atoms with Crippen LogP contribution in [-0.2, 0) is 11.2 Å². The molecule has 1 heterocycles. The highest BCUT2D eigenvalue weighted by atomic mass is 35.5. The summed E-state index contributed by atoms with van der Waals surface area (Å²) in [4.78, 5) is 16.1. The predicted octanol–water partition coefficient (Wildman–Crippen LogP) is 3.74. The molecule has 21 heavy (non-hydrogen) atoms. The fourth-order valence-corrected chi connectivity index (χ4v) is 1.94. The number of benzene rings is 1. The zero-order chi connectivity index (χ0) is 15.1. The largest absolute Gasteiger partial charge is 0.384 e. The van der Waals surface area contributed by atoms with Crippen molar-refractivity contribution >= 4 is 29.0 Å². The number of halogens is 1. The third kappa shape index (κ3) is 5.08. The number of aromatic nitrogens is 1. The third-order valence-electron chi connectivity index (χ3n) is 2.89. The van der Waals surface area contributed by atoms with Crippen LogP contribution in [0.2, 0.25) is 5.02 Å². The van der Waals surface area contributed by atoms with Gasteiger partial charge in [-0.2, -0.15) is 0 Å². The van der Waals surface area contributed by atoms with Crippen LogP contribution in [0.4, 0.5) is 11.5 Å². The van der Waals surface area contributed by atoms with Gasteiger partial charge >= 0.3 is 0 Å². The molecule has 2 aromatic rings. The SMILES string of the molecule is CCCNc1ccc(NC(=O)Cc2ccc(Cl)cc2)nc1. The number of nitrogens with zero attached hydrogens (tertiary/aromatic N) is 1. The molecule has 1 aromatic carbocycles. The van der Waals surface area contributed by atoms with Gasteiger partial charge in [0.05, 0.1) is 18.3 Å². The Labute approximate surface area is 129 Å². The standard InChI is InChI=1S/C16H18ClN3O/c1-2-9-18-14-7-8-15(19-11-14)20-16(21)10-12-3-5-13(17)6-4-12/h3-8,11,18H,2,9-10H2,1H3,(H,19,20,21). The summed E-state index contributed by atoms with van der Waals surface area (Å²) in [6.45, 7) is 3.01. The first-order valence-electron chi connectivity index (χ1n) is 6.91. The van der Waals surface area contributed by atoms with Crippen LogP contribution in [0.1, 0.15) is 18.9 Å². The van der Waals surface area contributed by atoms with Crippen molar-refractivity contribution in [2.24, 2.45) is 0 Å². The van der Waals surface area contributed by atoms with E-state index in [1.54, 1.807) is 24.4 Å². The number of rotatable bonds is 6. The van der Waals surface area contributed by atoms with Gasteiger partial charge in [-0.05, 0) is 36.2 Å². The zero-order valence-electron chi connectivity index (χ0n) is 11.9. The summed E-state index contributed by atoms with van der Waals surface area (Å²) in [6, 6.07) is 10.9. The van der Waals surface area contributed by atoms with Gasteiger partial charge in [-0.1, -0.05) is 30.7 Å². The Morgan fingerprint density at radius 2 is 1.95 bits per heavy atom. The monoisotopic (exact) mass is 303 g/mol. The average molecular weight is 304 g/mol. The Balaban J connectivity index is 1.88. The van der Waals surface area contributed by atoms with Crippen molar-refractivity contribution < 1.29 is 4.79 Å². The van der Waals surface area contributed by atoms with Gasteiger partial charge in [-0.25, -0.2) is 4.98 Å². The van der Waals surface area contributed by atoms with Crippen LogP contribution in [0.3, 0.4) is 0 Å². The lowest BCUT2D eigenvalue weighted by Crippen LogP contribution is -2.15. The molecule has 0 atom stereocenters. The van der Waals surface area contributed by atoms with Gasteiger partial charge < -0.3 is 10.6 Å². The van der Waals surface area contributed by atoms with Crippen LogP contribution < -0.4 is 10.6 Å². The maximum atomic E-state index is 11.9. The van der Waals surface area contributed by atoms with E-state index in [0.717, 1.165) is 24.2 Å². The molecule has 0 fully saturated rings. The highest BCUT2D eigenvalue weighted by Crippen LogP contribution is 2.12. The van der Waals surface area contributed by atoms with Gasteiger partial charge in [0, 0.05) is 11.6 Å². The summed E-state index contributed by atoms with van der Waals surface area (Å²) >= 11 is 5.81. The van der Waals surface area contributed by atoms with Gasteiger partial charge in [0.15, 0.2) is 0 Å². The van der Waals surface area contributed by atoms with Crippen molar-refractivity contribution in [2.45, 2.75) is 19.8 Å². The number of nitrogens with one attached hydrogen (secondary N) is 2. The summed E-state index contributed by atoms with van der Waals surface area (Å²) in [5.74, 6) is 0.454. The van der Waals surface area contributed by atoms with Crippen molar-refractivity contribution in [3.05, 3.63) is 53.2 Å². The molecule has 1 aromatic heterocycles. The molecule has 2 rings (SSSR count). The van der Waals surface area contributed by atoms with Gasteiger partial charge in [0.25, 0.3) is 0 Å². The minimum Gasteiger partial charge on any atom is -0.384 e. The number of anilines is 2. The van der Waals surface area contributed by atoms with Gasteiger partial charge in [-0.3, -0.25) is 4.79 Å². The fraction of sp³-hybridized carbons (Fsp3) is 0.250. The predicted molar refractivity (Wildman–Crippen MR) is 86.8 cm³/mol. The molecule has 5 heteroatoms. The van der Waals surface area contributed by atoms with E-state index in [9.17, 15) is 4.79 Å². The van der Waals surface area contributed by atoms with Crippen molar-refractivity contribution in [3.8, 4) is 0 Å². The van der Waals surface area contributed by atoms with Crippen LogP contribution in [0.15, 0.2) is 42.6 Å². The van der Waals surface area contributed by atoms with Gasteiger partial charge in [0.1, 0.15) is 5.82 Å². The molecule has 0 aliphatic heterocycles. The van der Waals surface area contributed by atoms with E-state index in [2.05, 4.69) is 22.5 Å². The van der Waals surface area contributed by atoms with Crippen LogP contribution in [0.25, 0.3) is 0 Å². The minimum absolute atomic E-state index is 0.0981. The lowest BCUT2D eigenvalue weighted by molar-refractivity contribution is -0.115. The molecule has 0 unspecified atom stereocenters. The smallest absolute Gasteiger partial charge is 0.229 e. The lowest BCUT2D eigenvalue weighted by atomic mass is 10.1. The first-order chi connectivity index (χ1) is 10.2. The van der Waals surface area contributed by atoms with Crippen molar-refractivity contribution in [2.75, 3.05) is 17.2 Å². The number of carbonyl (C=O) groups is 1. The molecule has 0 saturated carbocycles. The Kier molecular flexibility index (Phi) is 5.58. The summed E-state index contributed by atoms with van der Waals surface area (Å²) in [6.07, 6.45) is 3.07. The molecule has 1 amide bonds. The van der Waals surface area contributed by atoms with Crippen LogP contribution in [0.5, 0.6) is 0 Å². The quantitative estimate of drug-likeness (QED) is 0.855. The van der Waals surface area contributed by atoms with E-state index in [1.165, 1.54) is 0 Å². The number of hydrogen-bond donors (Lipinski definition) is 2. The summed E-state index contributed by atoms with van der Waals surface area (Å²) < 4.78 is 0. The van der Waals surface area contributed by atoms with Crippen molar-refractivity contribution in [1.29, 1.82) is 0 Å². The summed E-state index contributed by atoms with van der Waals surface area (Å²) in [5.41, 5.74) is 1.87. The average Bonchev–Trinajstić information content (AvgIpc) is 2.49. The lowest BCUT2D eigenvalue weighted by Gasteiger charge is -2.07. The van der Waals surface area contributed by atoms with Crippen molar-refractivity contribution in [1.82, 2.24) is 4.98 Å². The first kappa shape index (κ1) is 15.3. The molecule has 0 radical (unpaired) electrons. The summed E-state index contributed by atoms with van der Waals surface area (Å²) in [5, 5.41) is 6.67. The molecule has 0 spiro atoms. The second kappa shape index (κ2) is 7.64. The molecule has 4 nitrogen and oxygen atoms in total. The first-order valence-corrected chi connectivity index (χ1v) is 7.29. The number of carbonyl (C=O) groups excluding carboxylic acids is 1. The Morgan fingerprint density at radius 3 is 2.57 bits per heavy atom. The summed E-state index contributed by atoms with van der Waals surface area (Å²) in [7, 11) is 0. The van der Waals surface area contributed by atoms with E-state index in [-0.39, 0.29) is 5.91 Å². The molecule has 0 bridgehead atoms. The van der Waals surface area contributed by atoms with E-state index in [0.29, 0.717) is 17.3 Å². The topological polar surface area (TPSA) is 54.0 Å². The molecule has 110 valence electrons. The highest BCUT2D eigenvalue weighted by molar-refractivity contribution is 6.30. The third-order valence-corrected chi connectivity index (χ3v) is 3.14. The second-order valence-electron chi connectivity index (χ2n) is 4.71. The zero-order valence-corrected chi connectivity index (χ0v) is 12.7. The van der Waals surface area contributed by atoms with E-state index in [1.807, 2.05) is 18.2 Å². The normalized spacial score (nSPS) is 10.2. The van der Waals surface area contributed by atoms with Gasteiger partial charge in [0.2, 0.25) is 5.91 Å². The second-order valence-corrected chi connectivity index (χ2v) is 5.15. The molecule has 0 aliphatic rings. The van der Waals surface area contributed by atoms with E-state index < -0.39 is 0 Å². The molecular formula is C16H18ClN3O. The van der Waals surface area contributed by atoms with Crippen molar-refractivity contribution in [3.63, 3.8) is 0 Å². The molecule has 0 aliphatic carbocycles. The Hall–Kier alpha value is -2.07. The van der Waals surface area contributed by atoms with Crippen LogP contribution >= 0.6 is 11.6 Å². The maximum absolute atomic E-state index is 11.9. The van der Waals surface area contributed by atoms with E-state index in [4.69, 9.17) is 11.6 Å². The van der Waals surface area contributed by atoms with Crippen LogP contribution in [0, 0.1) is 0 Å². The Bertz CT molecular complexity index is 581. The Morgan fingerprint density at radius 1 is 1.19 bits per heavy atom. The molecular weight excluding hydrogens is 286 g/mol. The maximum Gasteiger partial charge on any atom is 0.229 e. The molecule has 2 N–H and O–H groups in total. The van der Waals surface area contributed by atoms with Crippen LogP contribution in [-0.4, -0.2) is 17.4 Å². The minimum atomic E-state index is -0.0981. The highest BCUT2D eigenvalue weighted by Gasteiger charge is 2.05. The van der Waals surface area contributed by atoms with Gasteiger partial charge in [-0.15, -0.1) is 0 Å². The molecule has 0 saturated heterocycles. The van der Waals surface area contributed by atoms with E-state index >= 15 is 0 Å². The fourth-order valence-electron chi connectivity index (χ4n) is 1.82. The number of hydrogen-bond acceptors (Lipinski definition) is 3. The number of pyridine rings is 1.